The summed E-state index contributed by atoms with van der Waals surface area (Å²) in [6.45, 7) is 6.95. The zero-order chi connectivity index (χ0) is 14.9. The van der Waals surface area contributed by atoms with E-state index in [4.69, 9.17) is 0 Å². The van der Waals surface area contributed by atoms with Crippen LogP contribution in [-0.4, -0.2) is 11.5 Å². The molecule has 1 N–H and O–H groups in total. The highest BCUT2D eigenvalue weighted by Gasteiger charge is 2.13. The highest BCUT2D eigenvalue weighted by molar-refractivity contribution is 5.82. The fourth-order valence-electron chi connectivity index (χ4n) is 2.86. The second-order valence-electron chi connectivity index (χ2n) is 5.45. The Hall–Kier alpha value is -1.67. The van der Waals surface area contributed by atoms with E-state index in [0.29, 0.717) is 6.04 Å². The zero-order valence-corrected chi connectivity index (χ0v) is 13.0. The molecule has 21 heavy (non-hydrogen) atoms. The van der Waals surface area contributed by atoms with Crippen LogP contribution >= 0.6 is 0 Å². The van der Waals surface area contributed by atoms with Crippen LogP contribution in [-0.2, 0) is 0 Å². The van der Waals surface area contributed by atoms with Crippen molar-refractivity contribution in [2.45, 2.75) is 45.1 Å². The van der Waals surface area contributed by atoms with Gasteiger partial charge in [-0.1, -0.05) is 44.0 Å². The van der Waals surface area contributed by atoms with Crippen molar-refractivity contribution in [3.63, 3.8) is 0 Å². The van der Waals surface area contributed by atoms with E-state index in [9.17, 15) is 0 Å². The summed E-state index contributed by atoms with van der Waals surface area (Å²) in [6, 6.07) is 11.1. The molecule has 0 fully saturated rings. The fourth-order valence-corrected chi connectivity index (χ4v) is 2.86. The maximum atomic E-state index is 4.47. The van der Waals surface area contributed by atoms with Crippen LogP contribution in [0, 0.1) is 0 Å². The third-order valence-electron chi connectivity index (χ3n) is 3.91. The third-order valence-corrected chi connectivity index (χ3v) is 3.91. The number of hydrogen-bond donors (Lipinski definition) is 1. The predicted octanol–water partition coefficient (Wildman–Crippen LogP) is 5.02. The van der Waals surface area contributed by atoms with Crippen molar-refractivity contribution in [1.82, 2.24) is 10.3 Å². The van der Waals surface area contributed by atoms with Crippen LogP contribution < -0.4 is 5.32 Å². The van der Waals surface area contributed by atoms with Crippen LogP contribution in [0.3, 0.4) is 0 Å². The molecule has 0 saturated heterocycles. The lowest BCUT2D eigenvalue weighted by Gasteiger charge is -2.20. The van der Waals surface area contributed by atoms with Gasteiger partial charge in [0.1, 0.15) is 0 Å². The maximum absolute atomic E-state index is 4.47. The molecular weight excluding hydrogens is 256 g/mol. The minimum atomic E-state index is 0.423. The molecule has 2 nitrogen and oxygen atoms in total. The number of allylic oxidation sites excluding steroid dienone is 1. The predicted molar refractivity (Wildman–Crippen MR) is 91.4 cm³/mol. The van der Waals surface area contributed by atoms with Crippen molar-refractivity contribution in [3.8, 4) is 0 Å². The van der Waals surface area contributed by atoms with Crippen molar-refractivity contribution in [2.24, 2.45) is 0 Å². The average Bonchev–Trinajstić information content (AvgIpc) is 2.53. The zero-order valence-electron chi connectivity index (χ0n) is 13.0. The van der Waals surface area contributed by atoms with Gasteiger partial charge in [0, 0.05) is 17.6 Å². The number of fused-ring (bicyclic) bond motifs is 1. The van der Waals surface area contributed by atoms with Gasteiger partial charge in [0.2, 0.25) is 0 Å². The Balaban J connectivity index is 2.10. The molecule has 0 spiro atoms. The largest absolute Gasteiger partial charge is 0.310 e. The van der Waals surface area contributed by atoms with E-state index in [2.05, 4.69) is 48.1 Å². The molecule has 2 rings (SSSR count). The lowest BCUT2D eigenvalue weighted by atomic mass is 9.96. The molecule has 1 unspecified atom stereocenters. The number of aromatic nitrogens is 1. The number of pyridine rings is 1. The molecular formula is C19H26N2. The molecule has 2 heteroatoms. The highest BCUT2D eigenvalue weighted by atomic mass is 14.9. The van der Waals surface area contributed by atoms with Gasteiger partial charge < -0.3 is 5.32 Å². The van der Waals surface area contributed by atoms with Crippen molar-refractivity contribution < 1.29 is 0 Å². The first-order chi connectivity index (χ1) is 10.4. The summed E-state index contributed by atoms with van der Waals surface area (Å²) >= 11 is 0. The van der Waals surface area contributed by atoms with E-state index in [1.54, 1.807) is 0 Å². The Morgan fingerprint density at radius 2 is 2.10 bits per heavy atom. The highest BCUT2D eigenvalue weighted by Crippen LogP contribution is 2.26. The van der Waals surface area contributed by atoms with Gasteiger partial charge in [-0.2, -0.15) is 0 Å². The van der Waals surface area contributed by atoms with Gasteiger partial charge in [-0.05, 0) is 43.5 Å². The molecule has 0 aliphatic carbocycles. The van der Waals surface area contributed by atoms with Gasteiger partial charge >= 0.3 is 0 Å². The van der Waals surface area contributed by atoms with Crippen LogP contribution in [0.5, 0.6) is 0 Å². The van der Waals surface area contributed by atoms with Crippen molar-refractivity contribution in [2.75, 3.05) is 6.54 Å². The average molecular weight is 282 g/mol. The van der Waals surface area contributed by atoms with Gasteiger partial charge in [0.05, 0.1) is 5.52 Å². The first kappa shape index (κ1) is 15.7. The third kappa shape index (κ3) is 4.40. The lowest BCUT2D eigenvalue weighted by Crippen LogP contribution is -2.21. The molecule has 2 aromatic rings. The van der Waals surface area contributed by atoms with Crippen molar-refractivity contribution >= 4 is 10.9 Å². The summed E-state index contributed by atoms with van der Waals surface area (Å²) in [6.07, 6.45) is 9.96. The minimum Gasteiger partial charge on any atom is -0.310 e. The summed E-state index contributed by atoms with van der Waals surface area (Å²) < 4.78 is 0. The Kier molecular flexibility index (Phi) is 6.42. The van der Waals surface area contributed by atoms with Crippen LogP contribution in [0.1, 0.15) is 50.6 Å². The molecule has 1 atom stereocenters. The van der Waals surface area contributed by atoms with E-state index in [1.807, 2.05) is 18.3 Å². The topological polar surface area (TPSA) is 24.9 Å². The van der Waals surface area contributed by atoms with Gasteiger partial charge in [-0.3, -0.25) is 4.98 Å². The summed E-state index contributed by atoms with van der Waals surface area (Å²) in [5, 5.41) is 4.91. The smallest absolute Gasteiger partial charge is 0.0705 e. The van der Waals surface area contributed by atoms with Gasteiger partial charge in [0.15, 0.2) is 0 Å². The van der Waals surface area contributed by atoms with Gasteiger partial charge in [0.25, 0.3) is 0 Å². The number of hydrogen-bond acceptors (Lipinski definition) is 2. The van der Waals surface area contributed by atoms with E-state index in [-0.39, 0.29) is 0 Å². The summed E-state index contributed by atoms with van der Waals surface area (Å²) in [5.41, 5.74) is 2.47. The van der Waals surface area contributed by atoms with E-state index < -0.39 is 0 Å². The van der Waals surface area contributed by atoms with Gasteiger partial charge in [-0.25, -0.2) is 0 Å². The number of benzene rings is 1. The van der Waals surface area contributed by atoms with Crippen LogP contribution in [0.4, 0.5) is 0 Å². The van der Waals surface area contributed by atoms with E-state index >= 15 is 0 Å². The summed E-state index contributed by atoms with van der Waals surface area (Å²) in [7, 11) is 0. The first-order valence-electron chi connectivity index (χ1n) is 8.04. The molecule has 0 aliphatic heterocycles. The molecule has 0 amide bonds. The number of rotatable bonds is 9. The van der Waals surface area contributed by atoms with Crippen molar-refractivity contribution in [1.29, 1.82) is 0 Å². The molecule has 0 bridgehead atoms. The Bertz CT molecular complexity index is 557. The van der Waals surface area contributed by atoms with Crippen LogP contribution in [0.15, 0.2) is 49.2 Å². The standard InChI is InChI=1S/C19H26N2/c1-3-5-6-7-8-13-18(20-4-2)16-11-9-14-19-17(16)12-10-15-21-19/h3,9-12,14-15,18,20H,1,4-8,13H2,2H3. The monoisotopic (exact) mass is 282 g/mol. The normalized spacial score (nSPS) is 12.4. The summed E-state index contributed by atoms with van der Waals surface area (Å²) in [5.74, 6) is 0. The first-order valence-corrected chi connectivity index (χ1v) is 8.04. The molecule has 0 aliphatic rings. The van der Waals surface area contributed by atoms with E-state index in [1.165, 1.54) is 36.6 Å². The Morgan fingerprint density at radius 3 is 2.90 bits per heavy atom. The minimum absolute atomic E-state index is 0.423. The molecule has 1 heterocycles. The lowest BCUT2D eigenvalue weighted by molar-refractivity contribution is 0.486. The van der Waals surface area contributed by atoms with Crippen LogP contribution in [0.2, 0.25) is 0 Å². The molecule has 112 valence electrons. The summed E-state index contributed by atoms with van der Waals surface area (Å²) in [4.78, 5) is 4.47. The van der Waals surface area contributed by atoms with Gasteiger partial charge in [-0.15, -0.1) is 6.58 Å². The van der Waals surface area contributed by atoms with Crippen LogP contribution in [0.25, 0.3) is 10.9 Å². The second kappa shape index (κ2) is 8.58. The van der Waals surface area contributed by atoms with E-state index in [0.717, 1.165) is 18.5 Å². The quantitative estimate of drug-likeness (QED) is 0.516. The number of nitrogens with zero attached hydrogens (tertiary/aromatic N) is 1. The maximum Gasteiger partial charge on any atom is 0.0705 e. The molecule has 0 radical (unpaired) electrons. The number of nitrogens with one attached hydrogen (secondary N) is 1. The molecule has 0 saturated carbocycles. The molecule has 1 aromatic heterocycles. The Labute approximate surface area is 128 Å². The fraction of sp³-hybridized carbons (Fsp3) is 0.421. The van der Waals surface area contributed by atoms with Crippen molar-refractivity contribution in [3.05, 3.63) is 54.7 Å². The number of unbranched alkanes of at least 4 members (excludes halogenated alkanes) is 3. The Morgan fingerprint density at radius 1 is 1.19 bits per heavy atom. The molecule has 1 aromatic carbocycles. The SMILES string of the molecule is C=CCCCCCC(NCC)c1cccc2ncccc12. The second-order valence-corrected chi connectivity index (χ2v) is 5.45.